The minimum absolute atomic E-state index is 0.00126. The molecule has 7 nitrogen and oxygen atoms in total. The van der Waals surface area contributed by atoms with Gasteiger partial charge >= 0.3 is 5.97 Å². The van der Waals surface area contributed by atoms with Crippen LogP contribution in [0.15, 0.2) is 71.8 Å². The van der Waals surface area contributed by atoms with Crippen LogP contribution in [0.3, 0.4) is 0 Å². The van der Waals surface area contributed by atoms with Gasteiger partial charge in [0, 0.05) is 41.2 Å². The first-order valence-electron chi connectivity index (χ1n) is 10.2. The number of ether oxygens (including phenoxy) is 1. The molecular weight excluding hydrogens is 461 g/mol. The van der Waals surface area contributed by atoms with Gasteiger partial charge in [0.05, 0.1) is 19.3 Å². The zero-order valence-electron chi connectivity index (χ0n) is 18.3. The number of carbonyl (C=O) groups is 1. The minimum Gasteiger partial charge on any atom is -0.466 e. The standard InChI is InChI=1S/C25H17F3N4O3/c1-35-23(34)8-5-16-12-29-25(30-13-16)17-4-2-3-15(9-17)14-32-22(33)7-6-21(31-32)18-10-19(26)24(28)20(27)11-18/h2-13H,14H2,1H3. The fourth-order valence-electron chi connectivity index (χ4n) is 3.21. The van der Waals surface area contributed by atoms with Crippen LogP contribution in [-0.2, 0) is 16.1 Å². The van der Waals surface area contributed by atoms with Crippen molar-refractivity contribution in [1.82, 2.24) is 19.7 Å². The van der Waals surface area contributed by atoms with Crippen molar-refractivity contribution in [3.05, 3.63) is 106 Å². The van der Waals surface area contributed by atoms with Crippen LogP contribution in [0, 0.1) is 17.5 Å². The van der Waals surface area contributed by atoms with Gasteiger partial charge < -0.3 is 4.74 Å². The Morgan fingerprint density at radius 1 is 1.00 bits per heavy atom. The minimum atomic E-state index is -1.58. The number of methoxy groups -OCH3 is 1. The van der Waals surface area contributed by atoms with E-state index in [2.05, 4.69) is 19.8 Å². The van der Waals surface area contributed by atoms with Crippen LogP contribution in [0.1, 0.15) is 11.1 Å². The average molecular weight is 478 g/mol. The van der Waals surface area contributed by atoms with E-state index < -0.39 is 29.0 Å². The molecule has 0 atom stereocenters. The van der Waals surface area contributed by atoms with Gasteiger partial charge in [0.1, 0.15) is 0 Å². The van der Waals surface area contributed by atoms with Crippen LogP contribution in [0.2, 0.25) is 0 Å². The normalized spacial score (nSPS) is 11.1. The third-order valence-electron chi connectivity index (χ3n) is 4.95. The number of rotatable bonds is 6. The largest absolute Gasteiger partial charge is 0.466 e. The van der Waals surface area contributed by atoms with E-state index in [1.165, 1.54) is 31.4 Å². The van der Waals surface area contributed by atoms with Crippen LogP contribution in [0.25, 0.3) is 28.7 Å². The van der Waals surface area contributed by atoms with E-state index in [-0.39, 0.29) is 17.8 Å². The Morgan fingerprint density at radius 2 is 1.71 bits per heavy atom. The molecule has 0 radical (unpaired) electrons. The van der Waals surface area contributed by atoms with Gasteiger partial charge in [-0.05, 0) is 35.9 Å². The van der Waals surface area contributed by atoms with Gasteiger partial charge in [-0.15, -0.1) is 0 Å². The summed E-state index contributed by atoms with van der Waals surface area (Å²) in [5, 5.41) is 4.18. The second kappa shape index (κ2) is 10.1. The van der Waals surface area contributed by atoms with Crippen LogP contribution in [0.5, 0.6) is 0 Å². The quantitative estimate of drug-likeness (QED) is 0.236. The van der Waals surface area contributed by atoms with Crippen molar-refractivity contribution in [3.63, 3.8) is 0 Å². The zero-order chi connectivity index (χ0) is 24.9. The zero-order valence-corrected chi connectivity index (χ0v) is 18.3. The number of hydrogen-bond donors (Lipinski definition) is 0. The maximum atomic E-state index is 13.6. The van der Waals surface area contributed by atoms with E-state index in [0.717, 1.165) is 16.8 Å². The maximum Gasteiger partial charge on any atom is 0.330 e. The molecule has 176 valence electrons. The van der Waals surface area contributed by atoms with Crippen molar-refractivity contribution in [1.29, 1.82) is 0 Å². The topological polar surface area (TPSA) is 87.0 Å². The Kier molecular flexibility index (Phi) is 6.81. The Morgan fingerprint density at radius 3 is 2.40 bits per heavy atom. The monoisotopic (exact) mass is 478 g/mol. The van der Waals surface area contributed by atoms with Crippen LogP contribution in [0.4, 0.5) is 13.2 Å². The molecule has 10 heteroatoms. The predicted molar refractivity (Wildman–Crippen MR) is 121 cm³/mol. The van der Waals surface area contributed by atoms with Crippen molar-refractivity contribution >= 4 is 12.0 Å². The molecule has 0 amide bonds. The van der Waals surface area contributed by atoms with Gasteiger partial charge in [-0.3, -0.25) is 4.79 Å². The van der Waals surface area contributed by atoms with Crippen LogP contribution >= 0.6 is 0 Å². The highest BCUT2D eigenvalue weighted by atomic mass is 19.2. The molecule has 35 heavy (non-hydrogen) atoms. The molecule has 0 saturated carbocycles. The summed E-state index contributed by atoms with van der Waals surface area (Å²) in [6, 6.07) is 11.3. The van der Waals surface area contributed by atoms with Gasteiger partial charge in [-0.25, -0.2) is 32.6 Å². The maximum absolute atomic E-state index is 13.6. The van der Waals surface area contributed by atoms with Crippen molar-refractivity contribution < 1.29 is 22.7 Å². The number of esters is 1. The Bertz CT molecular complexity index is 1460. The molecule has 0 aliphatic heterocycles. The van der Waals surface area contributed by atoms with Gasteiger partial charge in [-0.1, -0.05) is 18.2 Å². The predicted octanol–water partition coefficient (Wildman–Crippen LogP) is 4.02. The fourth-order valence-corrected chi connectivity index (χ4v) is 3.21. The van der Waals surface area contributed by atoms with Crippen LogP contribution < -0.4 is 5.56 Å². The van der Waals surface area contributed by atoms with Gasteiger partial charge in [0.2, 0.25) is 0 Å². The van der Waals surface area contributed by atoms with Crippen molar-refractivity contribution in [2.24, 2.45) is 0 Å². The smallest absolute Gasteiger partial charge is 0.330 e. The molecule has 0 fully saturated rings. The van der Waals surface area contributed by atoms with E-state index in [4.69, 9.17) is 0 Å². The molecule has 2 aromatic heterocycles. The molecule has 0 bridgehead atoms. The summed E-state index contributed by atoms with van der Waals surface area (Å²) < 4.78 is 46.2. The van der Waals surface area contributed by atoms with Gasteiger partial charge in [0.15, 0.2) is 23.3 Å². The first kappa shape index (κ1) is 23.6. The van der Waals surface area contributed by atoms with E-state index >= 15 is 0 Å². The molecular formula is C25H17F3N4O3. The number of hydrogen-bond acceptors (Lipinski definition) is 6. The number of benzene rings is 2. The van der Waals surface area contributed by atoms with Gasteiger partial charge in [0.25, 0.3) is 5.56 Å². The summed E-state index contributed by atoms with van der Waals surface area (Å²) >= 11 is 0. The molecule has 0 N–H and O–H groups in total. The molecule has 0 unspecified atom stereocenters. The lowest BCUT2D eigenvalue weighted by atomic mass is 10.1. The number of nitrogens with zero attached hydrogens (tertiary/aromatic N) is 4. The molecule has 0 spiro atoms. The first-order valence-corrected chi connectivity index (χ1v) is 10.2. The Hall–Kier alpha value is -4.60. The molecule has 0 aliphatic carbocycles. The lowest BCUT2D eigenvalue weighted by molar-refractivity contribution is -0.134. The summed E-state index contributed by atoms with van der Waals surface area (Å²) in [6.45, 7) is 0.0621. The number of carbonyl (C=O) groups excluding carboxylic acids is 1. The average Bonchev–Trinajstić information content (AvgIpc) is 2.87. The molecule has 4 aromatic rings. The molecule has 4 rings (SSSR count). The third kappa shape index (κ3) is 5.49. The first-order chi connectivity index (χ1) is 16.8. The Balaban J connectivity index is 1.58. The van der Waals surface area contributed by atoms with Gasteiger partial charge in [-0.2, -0.15) is 5.10 Å². The Labute approximate surface area is 197 Å². The summed E-state index contributed by atoms with van der Waals surface area (Å²) in [5.41, 5.74) is 1.66. The highest BCUT2D eigenvalue weighted by Crippen LogP contribution is 2.22. The second-order valence-electron chi connectivity index (χ2n) is 7.37. The summed E-state index contributed by atoms with van der Waals surface area (Å²) in [7, 11) is 1.28. The number of aromatic nitrogens is 4. The molecule has 2 heterocycles. The summed E-state index contributed by atoms with van der Waals surface area (Å²) in [4.78, 5) is 32.1. The number of halogens is 3. The van der Waals surface area contributed by atoms with Crippen molar-refractivity contribution in [2.45, 2.75) is 6.54 Å². The van der Waals surface area contributed by atoms with E-state index in [9.17, 15) is 22.8 Å². The third-order valence-corrected chi connectivity index (χ3v) is 4.95. The van der Waals surface area contributed by atoms with E-state index in [0.29, 0.717) is 22.5 Å². The second-order valence-corrected chi connectivity index (χ2v) is 7.37. The van der Waals surface area contributed by atoms with Crippen LogP contribution in [-0.4, -0.2) is 32.8 Å². The van der Waals surface area contributed by atoms with E-state index in [1.807, 2.05) is 0 Å². The van der Waals surface area contributed by atoms with E-state index in [1.54, 1.807) is 36.7 Å². The highest BCUT2D eigenvalue weighted by Gasteiger charge is 2.13. The van der Waals surface area contributed by atoms with Crippen molar-refractivity contribution in [2.75, 3.05) is 7.11 Å². The SMILES string of the molecule is COC(=O)C=Cc1cnc(-c2cccc(Cn3nc(-c4cc(F)c(F)c(F)c4)ccc3=O)c2)nc1. The summed E-state index contributed by atoms with van der Waals surface area (Å²) in [6.07, 6.45) is 5.87. The summed E-state index contributed by atoms with van der Waals surface area (Å²) in [5.74, 6) is -4.34. The van der Waals surface area contributed by atoms with Crippen molar-refractivity contribution in [3.8, 4) is 22.6 Å². The fraction of sp³-hybridized carbons (Fsp3) is 0.0800. The molecule has 0 aliphatic rings. The molecule has 0 saturated heterocycles. The highest BCUT2D eigenvalue weighted by molar-refractivity contribution is 5.86. The molecule has 2 aromatic carbocycles. The lowest BCUT2D eigenvalue weighted by Gasteiger charge is -2.09. The lowest BCUT2D eigenvalue weighted by Crippen LogP contribution is -2.22.